The minimum Gasteiger partial charge on any atom is -0.454 e. The van der Waals surface area contributed by atoms with Crippen LogP contribution in [0, 0.1) is 20.8 Å². The highest BCUT2D eigenvalue weighted by atomic mass is 16.3. The van der Waals surface area contributed by atoms with Gasteiger partial charge in [-0.05, 0) is 44.0 Å². The Morgan fingerprint density at radius 1 is 0.947 bits per heavy atom. The molecule has 98 valence electrons. The maximum Gasteiger partial charge on any atom is 0.145 e. The van der Waals surface area contributed by atoms with Crippen molar-refractivity contribution >= 4 is 18.1 Å². The highest BCUT2D eigenvalue weighted by molar-refractivity contribution is 5.82. The molecule has 3 heteroatoms. The first-order valence-electron chi connectivity index (χ1n) is 6.24. The molecular formula is C16H18N2O. The number of nitrogens with zero attached hydrogens (tertiary/aromatic N) is 2. The average Bonchev–Trinajstić information content (AvgIpc) is 2.76. The molecule has 1 aromatic heterocycles. The van der Waals surface area contributed by atoms with Crippen LogP contribution in [-0.2, 0) is 0 Å². The molecule has 0 aliphatic heterocycles. The van der Waals surface area contributed by atoms with Crippen LogP contribution >= 0.6 is 0 Å². The number of hydrogen-bond donors (Lipinski definition) is 0. The lowest BCUT2D eigenvalue weighted by Crippen LogP contribution is -1.84. The molecule has 0 unspecified atom stereocenters. The second kappa shape index (κ2) is 5.65. The van der Waals surface area contributed by atoms with E-state index < -0.39 is 0 Å². The Morgan fingerprint density at radius 2 is 1.53 bits per heavy atom. The molecule has 0 spiro atoms. The maximum atomic E-state index is 5.55. The molecule has 0 radical (unpaired) electrons. The van der Waals surface area contributed by atoms with Crippen molar-refractivity contribution in [1.82, 2.24) is 0 Å². The summed E-state index contributed by atoms with van der Waals surface area (Å²) in [5, 5.41) is 0. The highest BCUT2D eigenvalue weighted by Gasteiger charge is 2.02. The van der Waals surface area contributed by atoms with Crippen molar-refractivity contribution < 1.29 is 4.42 Å². The number of rotatable bonds is 3. The molecule has 0 saturated heterocycles. The predicted octanol–water partition coefficient (Wildman–Crippen LogP) is 4.00. The van der Waals surface area contributed by atoms with Crippen molar-refractivity contribution in [2.45, 2.75) is 20.8 Å². The van der Waals surface area contributed by atoms with Gasteiger partial charge >= 0.3 is 0 Å². The van der Waals surface area contributed by atoms with E-state index in [1.807, 2.05) is 12.1 Å². The van der Waals surface area contributed by atoms with Crippen LogP contribution in [0.3, 0.4) is 0 Å². The van der Waals surface area contributed by atoms with Crippen LogP contribution in [0.4, 0.5) is 5.69 Å². The molecule has 2 rings (SSSR count). The van der Waals surface area contributed by atoms with Crippen molar-refractivity contribution in [2.24, 2.45) is 9.98 Å². The van der Waals surface area contributed by atoms with E-state index in [0.29, 0.717) is 0 Å². The summed E-state index contributed by atoms with van der Waals surface area (Å²) in [7, 11) is 1.72. The predicted molar refractivity (Wildman–Crippen MR) is 80.1 cm³/mol. The number of hydrogen-bond acceptors (Lipinski definition) is 3. The Bertz CT molecular complexity index is 613. The minimum atomic E-state index is 0.731. The van der Waals surface area contributed by atoms with Crippen LogP contribution in [-0.4, -0.2) is 19.5 Å². The van der Waals surface area contributed by atoms with Crippen LogP contribution in [0.25, 0.3) is 0 Å². The van der Waals surface area contributed by atoms with Crippen molar-refractivity contribution in [3.63, 3.8) is 0 Å². The van der Waals surface area contributed by atoms with Crippen LogP contribution in [0.1, 0.15) is 28.2 Å². The highest BCUT2D eigenvalue weighted by Crippen LogP contribution is 2.24. The Morgan fingerprint density at radius 3 is 2.11 bits per heavy atom. The molecule has 1 heterocycles. The molecule has 0 amide bonds. The van der Waals surface area contributed by atoms with Gasteiger partial charge in [0.1, 0.15) is 11.5 Å². The third-order valence-corrected chi connectivity index (χ3v) is 2.86. The second-order valence-corrected chi connectivity index (χ2v) is 4.63. The van der Waals surface area contributed by atoms with Crippen molar-refractivity contribution in [3.8, 4) is 0 Å². The summed E-state index contributed by atoms with van der Waals surface area (Å²) in [6.45, 7) is 6.24. The van der Waals surface area contributed by atoms with Gasteiger partial charge in [0, 0.05) is 7.05 Å². The summed E-state index contributed by atoms with van der Waals surface area (Å²) in [5.74, 6) is 1.47. The van der Waals surface area contributed by atoms with E-state index in [1.54, 1.807) is 19.5 Å². The fourth-order valence-corrected chi connectivity index (χ4v) is 2.14. The topological polar surface area (TPSA) is 37.9 Å². The number of aryl methyl sites for hydroxylation is 3. The van der Waals surface area contributed by atoms with Crippen LogP contribution in [0.15, 0.2) is 38.7 Å². The normalized spacial score (nSPS) is 11.8. The lowest BCUT2D eigenvalue weighted by molar-refractivity contribution is 0.553. The number of furan rings is 1. The fourth-order valence-electron chi connectivity index (χ4n) is 2.14. The lowest BCUT2D eigenvalue weighted by Gasteiger charge is -2.05. The first-order chi connectivity index (χ1) is 9.10. The molecule has 0 aliphatic carbocycles. The van der Waals surface area contributed by atoms with E-state index >= 15 is 0 Å². The largest absolute Gasteiger partial charge is 0.454 e. The van der Waals surface area contributed by atoms with E-state index in [1.165, 1.54) is 16.7 Å². The molecule has 0 atom stereocenters. The molecule has 0 aliphatic rings. The Labute approximate surface area is 113 Å². The zero-order chi connectivity index (χ0) is 13.8. The maximum absolute atomic E-state index is 5.55. The van der Waals surface area contributed by atoms with Crippen LogP contribution in [0.2, 0.25) is 0 Å². The summed E-state index contributed by atoms with van der Waals surface area (Å²) in [4.78, 5) is 8.44. The van der Waals surface area contributed by atoms with E-state index in [0.717, 1.165) is 17.2 Å². The quantitative estimate of drug-likeness (QED) is 0.763. The van der Waals surface area contributed by atoms with Crippen molar-refractivity contribution in [2.75, 3.05) is 7.05 Å². The van der Waals surface area contributed by atoms with Gasteiger partial charge < -0.3 is 4.42 Å². The lowest BCUT2D eigenvalue weighted by atomic mass is 10.1. The smallest absolute Gasteiger partial charge is 0.145 e. The molecule has 1 aromatic carbocycles. The monoisotopic (exact) mass is 254 g/mol. The average molecular weight is 254 g/mol. The van der Waals surface area contributed by atoms with Gasteiger partial charge in [-0.15, -0.1) is 0 Å². The van der Waals surface area contributed by atoms with Gasteiger partial charge in [0.2, 0.25) is 0 Å². The first-order valence-corrected chi connectivity index (χ1v) is 6.24. The zero-order valence-corrected chi connectivity index (χ0v) is 11.8. The molecule has 2 aromatic rings. The van der Waals surface area contributed by atoms with Crippen LogP contribution < -0.4 is 0 Å². The summed E-state index contributed by atoms with van der Waals surface area (Å²) < 4.78 is 5.55. The third kappa shape index (κ3) is 3.19. The summed E-state index contributed by atoms with van der Waals surface area (Å²) >= 11 is 0. The SMILES string of the molecule is CN=Cc1ccc(C=Nc2c(C)cc(C)cc2C)o1. The Hall–Kier alpha value is -2.16. The molecule has 0 bridgehead atoms. The molecule has 0 N–H and O–H groups in total. The molecule has 0 saturated carbocycles. The Kier molecular flexibility index (Phi) is 3.95. The number of benzene rings is 1. The van der Waals surface area contributed by atoms with Gasteiger partial charge in [0.25, 0.3) is 0 Å². The summed E-state index contributed by atoms with van der Waals surface area (Å²) in [6, 6.07) is 8.04. The van der Waals surface area contributed by atoms with E-state index in [2.05, 4.69) is 42.9 Å². The van der Waals surface area contributed by atoms with Gasteiger partial charge in [-0.1, -0.05) is 17.7 Å². The van der Waals surface area contributed by atoms with Gasteiger partial charge in [-0.25, -0.2) is 0 Å². The van der Waals surface area contributed by atoms with Crippen molar-refractivity contribution in [1.29, 1.82) is 0 Å². The van der Waals surface area contributed by atoms with Gasteiger partial charge in [-0.3, -0.25) is 9.98 Å². The van der Waals surface area contributed by atoms with Crippen molar-refractivity contribution in [3.05, 3.63) is 52.5 Å². The fraction of sp³-hybridized carbons (Fsp3) is 0.250. The third-order valence-electron chi connectivity index (χ3n) is 2.86. The molecule has 3 nitrogen and oxygen atoms in total. The molecule has 0 fully saturated rings. The van der Waals surface area contributed by atoms with E-state index in [9.17, 15) is 0 Å². The minimum absolute atomic E-state index is 0.731. The number of aliphatic imine (C=N–C) groups is 2. The van der Waals surface area contributed by atoms with Gasteiger partial charge in [0.15, 0.2) is 0 Å². The first kappa shape index (κ1) is 13.3. The molecule has 19 heavy (non-hydrogen) atoms. The summed E-state index contributed by atoms with van der Waals surface area (Å²) in [6.07, 6.45) is 3.43. The Balaban J connectivity index is 2.27. The standard InChI is InChI=1S/C16H18N2O/c1-11-7-12(2)16(13(3)8-11)18-10-15-6-5-14(19-15)9-17-4/h5-10H,1-4H3. The van der Waals surface area contributed by atoms with Gasteiger partial charge in [-0.2, -0.15) is 0 Å². The summed E-state index contributed by atoms with van der Waals surface area (Å²) in [5.41, 5.74) is 4.62. The zero-order valence-electron chi connectivity index (χ0n) is 11.8. The van der Waals surface area contributed by atoms with E-state index in [4.69, 9.17) is 4.42 Å². The van der Waals surface area contributed by atoms with E-state index in [-0.39, 0.29) is 0 Å². The van der Waals surface area contributed by atoms with Crippen LogP contribution in [0.5, 0.6) is 0 Å². The molecular weight excluding hydrogens is 236 g/mol. The van der Waals surface area contributed by atoms with Gasteiger partial charge in [0.05, 0.1) is 18.1 Å². The second-order valence-electron chi connectivity index (χ2n) is 4.63.